The van der Waals surface area contributed by atoms with Gasteiger partial charge in [-0.15, -0.1) is 0 Å². The summed E-state index contributed by atoms with van der Waals surface area (Å²) in [6.45, 7) is 6.99. The van der Waals surface area contributed by atoms with Crippen LogP contribution in [0.3, 0.4) is 0 Å². The second-order valence-corrected chi connectivity index (χ2v) is 26.5. The van der Waals surface area contributed by atoms with Gasteiger partial charge in [0.1, 0.15) is 19.3 Å². The average molecular weight is 1170 g/mol. The molecular formula is C72H136N2O7P+. The van der Waals surface area contributed by atoms with Crippen LogP contribution in [0.2, 0.25) is 0 Å². The van der Waals surface area contributed by atoms with Crippen molar-refractivity contribution in [3.05, 3.63) is 60.8 Å². The van der Waals surface area contributed by atoms with Gasteiger partial charge in [0.2, 0.25) is 5.91 Å². The summed E-state index contributed by atoms with van der Waals surface area (Å²) < 4.78 is 30.8. The van der Waals surface area contributed by atoms with Gasteiger partial charge in [-0.1, -0.05) is 287 Å². The maximum absolute atomic E-state index is 13.6. The standard InChI is InChI=1S/C72H135N2O7P/c1-7-10-13-16-19-22-25-28-30-32-33-34-35-36-37-38-39-40-41-43-44-46-49-52-55-58-61-64-71(75)73-69(68-80-82(77,78)79-67-66-74(4,5)6)70(63-60-57-54-51-48-27-24-21-18-15-12-9-3)81-72(76)65-62-59-56-53-50-47-45-42-31-29-26-23-20-17-14-11-8-2/h19-20,22-23,28-31,60,63,69-70H,7-18,21,24-27,32-59,61-62,64-68H2,1-6H3,(H-,73,75,77,78)/p+1/b22-19-,23-20-,30-28-,31-29-,63-60-. The molecule has 0 bridgehead atoms. The molecule has 0 heterocycles. The van der Waals surface area contributed by atoms with E-state index in [1.807, 2.05) is 33.3 Å². The largest absolute Gasteiger partial charge is 0.472 e. The second-order valence-electron chi connectivity index (χ2n) is 25.0. The summed E-state index contributed by atoms with van der Waals surface area (Å²) in [6.07, 6.45) is 79.4. The van der Waals surface area contributed by atoms with Crippen molar-refractivity contribution in [2.75, 3.05) is 40.9 Å². The fraction of sp³-hybridized carbons (Fsp3) is 0.833. The number of quaternary nitrogens is 1. The maximum Gasteiger partial charge on any atom is 0.472 e. The molecule has 3 atom stereocenters. The number of phosphoric ester groups is 1. The fourth-order valence-electron chi connectivity index (χ4n) is 10.2. The summed E-state index contributed by atoms with van der Waals surface area (Å²) in [5.41, 5.74) is 0. The zero-order chi connectivity index (χ0) is 60.0. The van der Waals surface area contributed by atoms with Crippen LogP contribution in [-0.2, 0) is 27.9 Å². The second kappa shape index (κ2) is 61.8. The Morgan fingerprint density at radius 3 is 1.12 bits per heavy atom. The lowest BCUT2D eigenvalue weighted by atomic mass is 10.0. The summed E-state index contributed by atoms with van der Waals surface area (Å²) in [6, 6.07) is -0.852. The molecule has 0 spiro atoms. The Morgan fingerprint density at radius 2 is 0.744 bits per heavy atom. The van der Waals surface area contributed by atoms with Crippen molar-refractivity contribution in [2.24, 2.45) is 0 Å². The molecule has 0 aromatic rings. The number of esters is 1. The number of phosphoric acid groups is 1. The number of nitrogens with one attached hydrogen (secondary N) is 1. The molecule has 10 heteroatoms. The first-order chi connectivity index (χ1) is 39.9. The molecular weight excluding hydrogens is 1040 g/mol. The number of carbonyl (C=O) groups is 2. The number of amides is 1. The van der Waals surface area contributed by atoms with Crippen LogP contribution in [0.25, 0.3) is 0 Å². The van der Waals surface area contributed by atoms with Crippen LogP contribution < -0.4 is 5.32 Å². The number of hydrogen-bond donors (Lipinski definition) is 2. The molecule has 0 rings (SSSR count). The maximum atomic E-state index is 13.6. The van der Waals surface area contributed by atoms with Crippen molar-refractivity contribution in [1.29, 1.82) is 0 Å². The van der Waals surface area contributed by atoms with E-state index in [0.29, 0.717) is 17.4 Å². The Kier molecular flexibility index (Phi) is 60.1. The minimum atomic E-state index is -4.45. The first-order valence-electron chi connectivity index (χ1n) is 35.1. The van der Waals surface area contributed by atoms with Gasteiger partial charge in [-0.25, -0.2) is 4.57 Å². The topological polar surface area (TPSA) is 111 Å². The van der Waals surface area contributed by atoms with Crippen LogP contribution in [0.15, 0.2) is 60.8 Å². The molecule has 480 valence electrons. The number of hydrogen-bond acceptors (Lipinski definition) is 6. The third-order valence-electron chi connectivity index (χ3n) is 15.7. The van der Waals surface area contributed by atoms with E-state index in [9.17, 15) is 19.0 Å². The Morgan fingerprint density at radius 1 is 0.427 bits per heavy atom. The van der Waals surface area contributed by atoms with Gasteiger partial charge in [-0.3, -0.25) is 18.6 Å². The molecule has 0 aromatic heterocycles. The van der Waals surface area contributed by atoms with Crippen LogP contribution >= 0.6 is 7.82 Å². The normalized spacial score (nSPS) is 13.9. The highest BCUT2D eigenvalue weighted by molar-refractivity contribution is 7.47. The molecule has 0 saturated carbocycles. The Hall–Kier alpha value is -2.29. The van der Waals surface area contributed by atoms with Gasteiger partial charge in [0.05, 0.1) is 33.8 Å². The van der Waals surface area contributed by atoms with E-state index in [2.05, 4.69) is 74.7 Å². The lowest BCUT2D eigenvalue weighted by Gasteiger charge is -2.27. The van der Waals surface area contributed by atoms with E-state index < -0.39 is 20.0 Å². The van der Waals surface area contributed by atoms with Gasteiger partial charge < -0.3 is 19.4 Å². The third-order valence-corrected chi connectivity index (χ3v) is 16.7. The van der Waals surface area contributed by atoms with Crippen LogP contribution in [-0.4, -0.2) is 74.3 Å². The summed E-state index contributed by atoms with van der Waals surface area (Å²) in [5, 5.41) is 3.07. The fourth-order valence-corrected chi connectivity index (χ4v) is 11.0. The zero-order valence-corrected chi connectivity index (χ0v) is 55.9. The van der Waals surface area contributed by atoms with Gasteiger partial charge in [0.15, 0.2) is 0 Å². The van der Waals surface area contributed by atoms with E-state index in [1.165, 1.54) is 218 Å². The first kappa shape index (κ1) is 79.7. The average Bonchev–Trinajstić information content (AvgIpc) is 3.47. The molecule has 0 aromatic carbocycles. The monoisotopic (exact) mass is 1170 g/mol. The quantitative estimate of drug-likeness (QED) is 0.0205. The zero-order valence-electron chi connectivity index (χ0n) is 55.0. The lowest BCUT2D eigenvalue weighted by molar-refractivity contribution is -0.870. The molecule has 0 saturated heterocycles. The van der Waals surface area contributed by atoms with E-state index in [0.717, 1.165) is 83.5 Å². The number of nitrogens with zero attached hydrogens (tertiary/aromatic N) is 1. The molecule has 0 aliphatic carbocycles. The number of carbonyl (C=O) groups excluding carboxylic acids is 2. The van der Waals surface area contributed by atoms with E-state index >= 15 is 0 Å². The van der Waals surface area contributed by atoms with Crippen molar-refractivity contribution in [2.45, 2.75) is 348 Å². The van der Waals surface area contributed by atoms with E-state index in [4.69, 9.17) is 13.8 Å². The van der Waals surface area contributed by atoms with Gasteiger partial charge in [-0.2, -0.15) is 0 Å². The Balaban J connectivity index is 5.01. The van der Waals surface area contributed by atoms with Gasteiger partial charge in [0, 0.05) is 12.8 Å². The number of rotatable bonds is 64. The summed E-state index contributed by atoms with van der Waals surface area (Å²) >= 11 is 0. The summed E-state index contributed by atoms with van der Waals surface area (Å²) in [5.74, 6) is -0.502. The highest BCUT2D eigenvalue weighted by Crippen LogP contribution is 2.43. The minimum Gasteiger partial charge on any atom is -0.456 e. The number of allylic oxidation sites excluding steroid dienone is 9. The molecule has 0 fully saturated rings. The first-order valence-corrected chi connectivity index (χ1v) is 36.6. The van der Waals surface area contributed by atoms with Crippen LogP contribution in [0.4, 0.5) is 0 Å². The van der Waals surface area contributed by atoms with Crippen LogP contribution in [0.1, 0.15) is 335 Å². The SMILES string of the molecule is CCCCC/C=C\C/C=C\CCCCCCCCCCCCCCCCCCCC(=O)NC(COP(=O)(O)OCC[N+](C)(C)C)C(/C=C\CCCCCCCCCCCC)OC(=O)CCCCCCCCC/C=C\C/C=C\CCCCC. The van der Waals surface area contributed by atoms with Gasteiger partial charge >= 0.3 is 13.8 Å². The van der Waals surface area contributed by atoms with Crippen molar-refractivity contribution < 1.29 is 37.3 Å². The molecule has 9 nitrogen and oxygen atoms in total. The smallest absolute Gasteiger partial charge is 0.456 e. The van der Waals surface area contributed by atoms with Crippen molar-refractivity contribution in [3.63, 3.8) is 0 Å². The van der Waals surface area contributed by atoms with Crippen LogP contribution in [0, 0.1) is 0 Å². The molecule has 1 amide bonds. The third kappa shape index (κ3) is 62.2. The van der Waals surface area contributed by atoms with E-state index in [1.54, 1.807) is 0 Å². The van der Waals surface area contributed by atoms with Crippen molar-refractivity contribution in [1.82, 2.24) is 5.32 Å². The van der Waals surface area contributed by atoms with Gasteiger partial charge in [-0.05, 0) is 96.0 Å². The van der Waals surface area contributed by atoms with Gasteiger partial charge in [0.25, 0.3) is 0 Å². The van der Waals surface area contributed by atoms with Crippen molar-refractivity contribution >= 4 is 19.7 Å². The molecule has 2 N–H and O–H groups in total. The molecule has 0 aliphatic rings. The molecule has 0 aliphatic heterocycles. The van der Waals surface area contributed by atoms with Crippen molar-refractivity contribution in [3.8, 4) is 0 Å². The highest BCUT2D eigenvalue weighted by atomic mass is 31.2. The lowest BCUT2D eigenvalue weighted by Crippen LogP contribution is -2.47. The Labute approximate surface area is 509 Å². The Bertz CT molecular complexity index is 1590. The molecule has 0 radical (unpaired) electrons. The summed E-state index contributed by atoms with van der Waals surface area (Å²) in [4.78, 5) is 37.9. The predicted octanol–water partition coefficient (Wildman–Crippen LogP) is 22.2. The number of likely N-dealkylation sites (N-methyl/N-ethyl adjacent to an activating group) is 1. The molecule has 82 heavy (non-hydrogen) atoms. The summed E-state index contributed by atoms with van der Waals surface area (Å²) in [7, 11) is 1.50. The highest BCUT2D eigenvalue weighted by Gasteiger charge is 2.30. The predicted molar refractivity (Wildman–Crippen MR) is 355 cm³/mol. The minimum absolute atomic E-state index is 0.0392. The molecule has 3 unspecified atom stereocenters. The number of ether oxygens (including phenoxy) is 1. The van der Waals surface area contributed by atoms with E-state index in [-0.39, 0.29) is 31.5 Å². The van der Waals surface area contributed by atoms with Crippen LogP contribution in [0.5, 0.6) is 0 Å². The number of unbranched alkanes of at least 4 members (excludes halogenated alkanes) is 40.